The highest BCUT2D eigenvalue weighted by Crippen LogP contribution is 2.29. The van der Waals surface area contributed by atoms with Gasteiger partial charge in [-0.05, 0) is 25.0 Å². The fraction of sp³-hybridized carbons (Fsp3) is 0.571. The molecule has 0 heterocycles. The molecule has 3 nitrogen and oxygen atoms in total. The fourth-order valence-electron chi connectivity index (χ4n) is 1.81. The van der Waals surface area contributed by atoms with Gasteiger partial charge in [0, 0.05) is 6.54 Å². The molecule has 96 valence electrons. The zero-order chi connectivity index (χ0) is 12.7. The molecule has 0 radical (unpaired) electrons. The van der Waals surface area contributed by atoms with E-state index in [1.807, 2.05) is 25.1 Å². The van der Waals surface area contributed by atoms with Crippen LogP contribution in [0.1, 0.15) is 33.6 Å². The predicted octanol–water partition coefficient (Wildman–Crippen LogP) is 3.52. The highest BCUT2D eigenvalue weighted by Gasteiger charge is 2.07. The van der Waals surface area contributed by atoms with Crippen LogP contribution in [0.15, 0.2) is 18.2 Å². The zero-order valence-corrected chi connectivity index (χ0v) is 11.1. The lowest BCUT2D eigenvalue weighted by Crippen LogP contribution is -2.14. The van der Waals surface area contributed by atoms with Crippen molar-refractivity contribution in [2.45, 2.75) is 33.6 Å². The van der Waals surface area contributed by atoms with E-state index in [2.05, 4.69) is 19.2 Å². The number of nitrogens with one attached hydrogen (secondary N) is 1. The van der Waals surface area contributed by atoms with Gasteiger partial charge in [0.2, 0.25) is 0 Å². The molecule has 0 saturated carbocycles. The first-order valence-electron chi connectivity index (χ1n) is 6.48. The van der Waals surface area contributed by atoms with E-state index in [4.69, 9.17) is 10.5 Å². The van der Waals surface area contributed by atoms with E-state index in [1.165, 1.54) is 12.8 Å². The molecule has 3 heteroatoms. The summed E-state index contributed by atoms with van der Waals surface area (Å²) in [6.45, 7) is 8.00. The van der Waals surface area contributed by atoms with Gasteiger partial charge in [0.05, 0.1) is 18.0 Å². The molecule has 0 saturated heterocycles. The molecule has 1 rings (SSSR count). The molecule has 0 amide bonds. The van der Waals surface area contributed by atoms with E-state index in [0.29, 0.717) is 18.2 Å². The van der Waals surface area contributed by atoms with Crippen molar-refractivity contribution in [3.8, 4) is 5.75 Å². The number of ether oxygens (including phenoxy) is 1. The van der Waals surface area contributed by atoms with Crippen molar-refractivity contribution in [1.29, 1.82) is 0 Å². The van der Waals surface area contributed by atoms with E-state index in [1.54, 1.807) is 0 Å². The summed E-state index contributed by atoms with van der Waals surface area (Å²) in [5.74, 6) is 1.46. The van der Waals surface area contributed by atoms with Crippen LogP contribution in [0.25, 0.3) is 0 Å². The normalized spacial score (nSPS) is 10.6. The first kappa shape index (κ1) is 13.7. The van der Waals surface area contributed by atoms with Crippen molar-refractivity contribution < 1.29 is 4.74 Å². The Kier molecular flexibility index (Phi) is 5.67. The number of hydrogen-bond acceptors (Lipinski definition) is 3. The minimum atomic E-state index is 0.639. The van der Waals surface area contributed by atoms with Crippen molar-refractivity contribution in [3.05, 3.63) is 18.2 Å². The molecule has 0 aromatic heterocycles. The van der Waals surface area contributed by atoms with Crippen LogP contribution in [-0.4, -0.2) is 13.2 Å². The summed E-state index contributed by atoms with van der Waals surface area (Å²) in [7, 11) is 0. The van der Waals surface area contributed by atoms with Crippen LogP contribution in [0.5, 0.6) is 5.75 Å². The number of benzene rings is 1. The SMILES string of the molecule is CCOc1cccc(NCC(CC)CC)c1N. The van der Waals surface area contributed by atoms with Gasteiger partial charge in [-0.2, -0.15) is 0 Å². The number of hydrogen-bond donors (Lipinski definition) is 2. The molecule has 1 aromatic carbocycles. The van der Waals surface area contributed by atoms with E-state index in [9.17, 15) is 0 Å². The number of nitrogens with two attached hydrogens (primary N) is 1. The first-order chi connectivity index (χ1) is 8.22. The molecule has 0 aliphatic rings. The summed E-state index contributed by atoms with van der Waals surface area (Å²) in [5, 5.41) is 3.41. The standard InChI is InChI=1S/C14H24N2O/c1-4-11(5-2)10-16-12-8-7-9-13(14(12)15)17-6-3/h7-9,11,16H,4-6,10,15H2,1-3H3. The lowest BCUT2D eigenvalue weighted by Gasteiger charge is -2.17. The van der Waals surface area contributed by atoms with Crippen LogP contribution in [-0.2, 0) is 0 Å². The summed E-state index contributed by atoms with van der Waals surface area (Å²) in [5.41, 5.74) is 7.73. The Morgan fingerprint density at radius 1 is 1.24 bits per heavy atom. The minimum absolute atomic E-state index is 0.639. The van der Waals surface area contributed by atoms with Crippen LogP contribution in [0, 0.1) is 5.92 Å². The summed E-state index contributed by atoms with van der Waals surface area (Å²) >= 11 is 0. The molecule has 0 atom stereocenters. The summed E-state index contributed by atoms with van der Waals surface area (Å²) in [6.07, 6.45) is 2.38. The van der Waals surface area contributed by atoms with E-state index < -0.39 is 0 Å². The molecule has 0 bridgehead atoms. The van der Waals surface area contributed by atoms with Crippen LogP contribution in [0.3, 0.4) is 0 Å². The smallest absolute Gasteiger partial charge is 0.144 e. The lowest BCUT2D eigenvalue weighted by atomic mass is 10.0. The van der Waals surface area contributed by atoms with Crippen LogP contribution in [0.2, 0.25) is 0 Å². The first-order valence-corrected chi connectivity index (χ1v) is 6.48. The van der Waals surface area contributed by atoms with Crippen LogP contribution >= 0.6 is 0 Å². The maximum absolute atomic E-state index is 6.05. The number of para-hydroxylation sites is 1. The van der Waals surface area contributed by atoms with Gasteiger partial charge in [-0.25, -0.2) is 0 Å². The Balaban J connectivity index is 2.67. The Morgan fingerprint density at radius 2 is 1.94 bits per heavy atom. The maximum atomic E-state index is 6.05. The zero-order valence-electron chi connectivity index (χ0n) is 11.1. The van der Waals surface area contributed by atoms with Crippen molar-refractivity contribution in [1.82, 2.24) is 0 Å². The molecule has 1 aromatic rings. The highest BCUT2D eigenvalue weighted by molar-refractivity contribution is 5.72. The van der Waals surface area contributed by atoms with Gasteiger partial charge < -0.3 is 15.8 Å². The molecule has 0 spiro atoms. The van der Waals surface area contributed by atoms with Crippen LogP contribution < -0.4 is 15.8 Å². The number of nitrogen functional groups attached to an aromatic ring is 1. The molecule has 3 N–H and O–H groups in total. The highest BCUT2D eigenvalue weighted by atomic mass is 16.5. The average molecular weight is 236 g/mol. The van der Waals surface area contributed by atoms with E-state index in [-0.39, 0.29) is 0 Å². The van der Waals surface area contributed by atoms with Crippen molar-refractivity contribution in [2.75, 3.05) is 24.2 Å². The van der Waals surface area contributed by atoms with Crippen molar-refractivity contribution in [3.63, 3.8) is 0 Å². The third-order valence-electron chi connectivity index (χ3n) is 3.10. The fourth-order valence-corrected chi connectivity index (χ4v) is 1.81. The minimum Gasteiger partial charge on any atom is -0.492 e. The van der Waals surface area contributed by atoms with Crippen LogP contribution in [0.4, 0.5) is 11.4 Å². The largest absolute Gasteiger partial charge is 0.492 e. The van der Waals surface area contributed by atoms with E-state index in [0.717, 1.165) is 18.0 Å². The van der Waals surface area contributed by atoms with Gasteiger partial charge in [0.25, 0.3) is 0 Å². The lowest BCUT2D eigenvalue weighted by molar-refractivity contribution is 0.342. The second-order valence-electron chi connectivity index (χ2n) is 4.21. The van der Waals surface area contributed by atoms with Gasteiger partial charge >= 0.3 is 0 Å². The monoisotopic (exact) mass is 236 g/mol. The molecular formula is C14H24N2O. The summed E-state index contributed by atoms with van der Waals surface area (Å²) in [4.78, 5) is 0. The number of rotatable bonds is 7. The van der Waals surface area contributed by atoms with Gasteiger partial charge in [0.1, 0.15) is 5.75 Å². The number of anilines is 2. The third kappa shape index (κ3) is 3.84. The average Bonchev–Trinajstić information content (AvgIpc) is 2.35. The maximum Gasteiger partial charge on any atom is 0.144 e. The Bertz CT molecular complexity index is 335. The molecular weight excluding hydrogens is 212 g/mol. The quantitative estimate of drug-likeness (QED) is 0.712. The predicted molar refractivity (Wildman–Crippen MR) is 74.6 cm³/mol. The van der Waals surface area contributed by atoms with Crippen molar-refractivity contribution >= 4 is 11.4 Å². The second-order valence-corrected chi connectivity index (χ2v) is 4.21. The van der Waals surface area contributed by atoms with Gasteiger partial charge in [-0.1, -0.05) is 32.8 Å². The summed E-state index contributed by atoms with van der Waals surface area (Å²) < 4.78 is 5.47. The molecule has 0 aliphatic heterocycles. The Hall–Kier alpha value is -1.38. The van der Waals surface area contributed by atoms with Gasteiger partial charge in [-0.15, -0.1) is 0 Å². The Morgan fingerprint density at radius 3 is 2.53 bits per heavy atom. The second kappa shape index (κ2) is 7.05. The third-order valence-corrected chi connectivity index (χ3v) is 3.10. The Labute approximate surface area is 104 Å². The topological polar surface area (TPSA) is 47.3 Å². The van der Waals surface area contributed by atoms with E-state index >= 15 is 0 Å². The molecule has 0 fully saturated rings. The summed E-state index contributed by atoms with van der Waals surface area (Å²) in [6, 6.07) is 5.87. The molecule has 0 aliphatic carbocycles. The van der Waals surface area contributed by atoms with Gasteiger partial charge in [0.15, 0.2) is 0 Å². The molecule has 0 unspecified atom stereocenters. The van der Waals surface area contributed by atoms with Crippen molar-refractivity contribution in [2.24, 2.45) is 5.92 Å². The van der Waals surface area contributed by atoms with Gasteiger partial charge in [-0.3, -0.25) is 0 Å². The molecule has 17 heavy (non-hydrogen) atoms.